The van der Waals surface area contributed by atoms with Crippen molar-refractivity contribution in [2.75, 3.05) is 6.54 Å². The van der Waals surface area contributed by atoms with Gasteiger partial charge >= 0.3 is 6.18 Å². The summed E-state index contributed by atoms with van der Waals surface area (Å²) >= 11 is 0. The van der Waals surface area contributed by atoms with Crippen molar-refractivity contribution in [3.05, 3.63) is 29.3 Å². The molecule has 0 radical (unpaired) electrons. The number of hydrogen-bond donors (Lipinski definition) is 1. The number of nitrogens with zero attached hydrogens (tertiary/aromatic N) is 1. The number of phenols is 1. The molecule has 8 heteroatoms. The van der Waals surface area contributed by atoms with E-state index in [0.29, 0.717) is 12.1 Å². The van der Waals surface area contributed by atoms with Gasteiger partial charge in [-0.15, -0.1) is 0 Å². The third kappa shape index (κ3) is 4.30. The van der Waals surface area contributed by atoms with Gasteiger partial charge in [-0.25, -0.2) is 8.78 Å². The van der Waals surface area contributed by atoms with Gasteiger partial charge in [-0.3, -0.25) is 4.79 Å². The fraction of sp³-hybridized carbons (Fsp3) is 0.462. The van der Waals surface area contributed by atoms with E-state index in [2.05, 4.69) is 0 Å². The summed E-state index contributed by atoms with van der Waals surface area (Å²) < 4.78 is 62.2. The van der Waals surface area contributed by atoms with E-state index in [1.807, 2.05) is 0 Å². The van der Waals surface area contributed by atoms with Crippen molar-refractivity contribution in [1.29, 1.82) is 0 Å². The number of aromatic hydroxyl groups is 1. The van der Waals surface area contributed by atoms with Crippen LogP contribution in [0.1, 0.15) is 29.8 Å². The minimum absolute atomic E-state index is 0.397. The quantitative estimate of drug-likeness (QED) is 0.864. The number of carbonyl (C=O) groups is 1. The Morgan fingerprint density at radius 1 is 1.29 bits per heavy atom. The SMILES string of the molecule is CC(C)N(CC(F)F)C(=O)c1ccc(C(F)(F)F)cc1O. The van der Waals surface area contributed by atoms with Gasteiger partial charge in [0.05, 0.1) is 17.7 Å². The fourth-order valence-corrected chi connectivity index (χ4v) is 1.72. The highest BCUT2D eigenvalue weighted by molar-refractivity contribution is 5.97. The maximum absolute atomic E-state index is 12.5. The Morgan fingerprint density at radius 2 is 1.86 bits per heavy atom. The largest absolute Gasteiger partial charge is 0.507 e. The molecule has 0 saturated carbocycles. The van der Waals surface area contributed by atoms with Crippen molar-refractivity contribution in [3.63, 3.8) is 0 Å². The van der Waals surface area contributed by atoms with Gasteiger partial charge in [0.1, 0.15) is 5.75 Å². The Kier molecular flexibility index (Phi) is 5.14. The lowest BCUT2D eigenvalue weighted by molar-refractivity contribution is -0.137. The summed E-state index contributed by atoms with van der Waals surface area (Å²) in [4.78, 5) is 12.8. The highest BCUT2D eigenvalue weighted by atomic mass is 19.4. The van der Waals surface area contributed by atoms with E-state index in [1.54, 1.807) is 0 Å². The molecule has 0 atom stereocenters. The Morgan fingerprint density at radius 3 is 2.24 bits per heavy atom. The zero-order valence-corrected chi connectivity index (χ0v) is 11.3. The van der Waals surface area contributed by atoms with Gasteiger partial charge in [-0.1, -0.05) is 0 Å². The summed E-state index contributed by atoms with van der Waals surface area (Å²) in [6, 6.07) is 1.21. The number of phenolic OH excluding ortho intramolecular Hbond substituents is 1. The minimum atomic E-state index is -4.67. The Bertz CT molecular complexity index is 514. The zero-order chi connectivity index (χ0) is 16.4. The predicted molar refractivity (Wildman–Crippen MR) is 65.3 cm³/mol. The van der Waals surface area contributed by atoms with Crippen molar-refractivity contribution in [1.82, 2.24) is 4.90 Å². The lowest BCUT2D eigenvalue weighted by atomic mass is 10.1. The summed E-state index contributed by atoms with van der Waals surface area (Å²) in [6.45, 7) is 2.11. The number of halogens is 5. The Balaban J connectivity index is 3.12. The molecule has 0 unspecified atom stereocenters. The van der Waals surface area contributed by atoms with E-state index < -0.39 is 48.0 Å². The normalized spacial score (nSPS) is 12.0. The smallest absolute Gasteiger partial charge is 0.416 e. The highest BCUT2D eigenvalue weighted by Gasteiger charge is 2.32. The van der Waals surface area contributed by atoms with Gasteiger partial charge < -0.3 is 10.0 Å². The first-order valence-electron chi connectivity index (χ1n) is 6.03. The van der Waals surface area contributed by atoms with Crippen LogP contribution in [0, 0.1) is 0 Å². The molecule has 0 aromatic heterocycles. The summed E-state index contributed by atoms with van der Waals surface area (Å²) in [7, 11) is 0. The standard InChI is InChI=1S/C13H14F5NO2/c1-7(2)19(6-11(14)15)12(21)9-4-3-8(5-10(9)20)13(16,17)18/h3-5,7,11,20H,6H2,1-2H3. The van der Waals surface area contributed by atoms with E-state index in [1.165, 1.54) is 13.8 Å². The van der Waals surface area contributed by atoms with Gasteiger partial charge in [0.2, 0.25) is 0 Å². The van der Waals surface area contributed by atoms with Gasteiger partial charge in [0.25, 0.3) is 12.3 Å². The maximum atomic E-state index is 12.5. The van der Waals surface area contributed by atoms with E-state index >= 15 is 0 Å². The monoisotopic (exact) mass is 311 g/mol. The Labute approximate surface area is 118 Å². The van der Waals surface area contributed by atoms with Crippen molar-refractivity contribution >= 4 is 5.91 Å². The van der Waals surface area contributed by atoms with Crippen molar-refractivity contribution in [3.8, 4) is 5.75 Å². The van der Waals surface area contributed by atoms with Crippen LogP contribution in [0.4, 0.5) is 22.0 Å². The topological polar surface area (TPSA) is 40.5 Å². The van der Waals surface area contributed by atoms with Crippen LogP contribution in [0.3, 0.4) is 0 Å². The molecular formula is C13H14F5NO2. The molecular weight excluding hydrogens is 297 g/mol. The first-order valence-corrected chi connectivity index (χ1v) is 6.03. The molecule has 21 heavy (non-hydrogen) atoms. The van der Waals surface area contributed by atoms with Crippen LogP contribution in [0.15, 0.2) is 18.2 Å². The van der Waals surface area contributed by atoms with Crippen LogP contribution in [0.2, 0.25) is 0 Å². The molecule has 1 aromatic carbocycles. The molecule has 1 N–H and O–H groups in total. The molecule has 0 heterocycles. The van der Waals surface area contributed by atoms with E-state index in [4.69, 9.17) is 0 Å². The lowest BCUT2D eigenvalue weighted by Gasteiger charge is -2.26. The van der Waals surface area contributed by atoms with Gasteiger partial charge in [0.15, 0.2) is 0 Å². The van der Waals surface area contributed by atoms with Crippen LogP contribution < -0.4 is 0 Å². The average Bonchev–Trinajstić information content (AvgIpc) is 2.33. The number of carbonyl (C=O) groups excluding carboxylic acids is 1. The number of alkyl halides is 5. The number of hydrogen-bond acceptors (Lipinski definition) is 2. The van der Waals surface area contributed by atoms with E-state index in [9.17, 15) is 31.9 Å². The van der Waals surface area contributed by atoms with Gasteiger partial charge in [-0.2, -0.15) is 13.2 Å². The second-order valence-electron chi connectivity index (χ2n) is 4.67. The molecule has 0 saturated heterocycles. The molecule has 0 spiro atoms. The van der Waals surface area contributed by atoms with Crippen LogP contribution in [-0.2, 0) is 6.18 Å². The molecule has 118 valence electrons. The summed E-state index contributed by atoms with van der Waals surface area (Å²) in [5, 5.41) is 9.55. The molecule has 0 aliphatic carbocycles. The first kappa shape index (κ1) is 17.2. The summed E-state index contributed by atoms with van der Waals surface area (Å²) in [5.74, 6) is -1.84. The van der Waals surface area contributed by atoms with Crippen LogP contribution >= 0.6 is 0 Å². The van der Waals surface area contributed by atoms with Crippen molar-refractivity contribution in [2.45, 2.75) is 32.5 Å². The molecule has 0 aliphatic heterocycles. The van der Waals surface area contributed by atoms with Crippen LogP contribution in [-0.4, -0.2) is 34.9 Å². The third-order valence-corrected chi connectivity index (χ3v) is 2.77. The minimum Gasteiger partial charge on any atom is -0.507 e. The van der Waals surface area contributed by atoms with Crippen LogP contribution in [0.5, 0.6) is 5.75 Å². The number of benzene rings is 1. The fourth-order valence-electron chi connectivity index (χ4n) is 1.72. The molecule has 1 amide bonds. The zero-order valence-electron chi connectivity index (χ0n) is 11.3. The number of rotatable bonds is 4. The van der Waals surface area contributed by atoms with Crippen molar-refractivity contribution in [2.24, 2.45) is 0 Å². The molecule has 1 aromatic rings. The van der Waals surface area contributed by atoms with Crippen LogP contribution in [0.25, 0.3) is 0 Å². The molecule has 0 aliphatic rings. The molecule has 3 nitrogen and oxygen atoms in total. The molecule has 0 fully saturated rings. The van der Waals surface area contributed by atoms with Gasteiger partial charge in [-0.05, 0) is 32.0 Å². The third-order valence-electron chi connectivity index (χ3n) is 2.77. The highest BCUT2D eigenvalue weighted by Crippen LogP contribution is 2.33. The number of amides is 1. The van der Waals surface area contributed by atoms with Crippen molar-refractivity contribution < 1.29 is 31.9 Å². The maximum Gasteiger partial charge on any atom is 0.416 e. The molecule has 0 bridgehead atoms. The predicted octanol–water partition coefficient (Wildman–Crippen LogP) is 3.53. The van der Waals surface area contributed by atoms with E-state index in [0.717, 1.165) is 11.0 Å². The second-order valence-corrected chi connectivity index (χ2v) is 4.67. The average molecular weight is 311 g/mol. The second kappa shape index (κ2) is 6.28. The Hall–Kier alpha value is -1.86. The summed E-state index contributed by atoms with van der Waals surface area (Å²) in [5.41, 5.74) is -1.57. The summed E-state index contributed by atoms with van der Waals surface area (Å²) in [6.07, 6.45) is -7.45. The van der Waals surface area contributed by atoms with E-state index in [-0.39, 0.29) is 0 Å². The molecule has 1 rings (SSSR count). The first-order chi connectivity index (χ1) is 9.54. The lowest BCUT2D eigenvalue weighted by Crippen LogP contribution is -2.40. The van der Waals surface area contributed by atoms with Gasteiger partial charge in [0, 0.05) is 6.04 Å².